The molecule has 0 bridgehead atoms. The smallest absolute Gasteiger partial charge is 0.144 e. The summed E-state index contributed by atoms with van der Waals surface area (Å²) >= 11 is 0. The lowest BCUT2D eigenvalue weighted by atomic mass is 10.1. The van der Waals surface area contributed by atoms with Crippen LogP contribution in [0.4, 0.5) is 17.3 Å². The van der Waals surface area contributed by atoms with Crippen LogP contribution in [0.3, 0.4) is 0 Å². The molecule has 4 aromatic carbocycles. The van der Waals surface area contributed by atoms with Crippen molar-refractivity contribution in [2.45, 2.75) is 0 Å². The van der Waals surface area contributed by atoms with Crippen LogP contribution < -0.4 is 4.90 Å². The quantitative estimate of drug-likeness (QED) is 0.242. The number of hydrogen-bond donors (Lipinski definition) is 0. The number of para-hydroxylation sites is 3. The van der Waals surface area contributed by atoms with E-state index in [0.717, 1.165) is 61.8 Å². The Bertz CT molecular complexity index is 1880. The fourth-order valence-electron chi connectivity index (χ4n) is 4.92. The van der Waals surface area contributed by atoms with E-state index in [1.54, 1.807) is 0 Å². The highest BCUT2D eigenvalue weighted by atomic mass is 16.3. The van der Waals surface area contributed by atoms with Crippen molar-refractivity contribution in [3.8, 4) is 22.5 Å². The minimum atomic E-state index is 0.777. The maximum atomic E-state index is 6.31. The summed E-state index contributed by atoms with van der Waals surface area (Å²) in [6, 6.07) is 47.0. The number of aromatic nitrogens is 2. The molecule has 38 heavy (non-hydrogen) atoms. The first-order valence-corrected chi connectivity index (χ1v) is 12.6. The molecule has 0 fully saturated rings. The van der Waals surface area contributed by atoms with Crippen LogP contribution in [0.5, 0.6) is 0 Å². The Hall–Kier alpha value is -5.22. The van der Waals surface area contributed by atoms with E-state index in [-0.39, 0.29) is 0 Å². The maximum absolute atomic E-state index is 6.31. The predicted octanol–water partition coefficient (Wildman–Crippen LogP) is 9.18. The number of fused-ring (bicyclic) bond motifs is 3. The molecule has 0 saturated carbocycles. The summed E-state index contributed by atoms with van der Waals surface area (Å²) in [7, 11) is 0. The van der Waals surface area contributed by atoms with E-state index in [2.05, 4.69) is 53.4 Å². The van der Waals surface area contributed by atoms with Crippen LogP contribution in [0.2, 0.25) is 0 Å². The molecule has 0 atom stereocenters. The summed E-state index contributed by atoms with van der Waals surface area (Å²) in [5.41, 5.74) is 6.48. The molecule has 0 aliphatic heterocycles. The Labute approximate surface area is 220 Å². The molecule has 0 amide bonds. The lowest BCUT2D eigenvalue weighted by Crippen LogP contribution is -2.13. The molecular formula is C34H23N3O. The summed E-state index contributed by atoms with van der Waals surface area (Å²) in [6.45, 7) is 0. The van der Waals surface area contributed by atoms with Crippen LogP contribution >= 0.6 is 0 Å². The molecule has 4 heteroatoms. The van der Waals surface area contributed by atoms with E-state index in [9.17, 15) is 0 Å². The average molecular weight is 490 g/mol. The van der Waals surface area contributed by atoms with E-state index in [1.165, 1.54) is 0 Å². The van der Waals surface area contributed by atoms with E-state index >= 15 is 0 Å². The van der Waals surface area contributed by atoms with Gasteiger partial charge >= 0.3 is 0 Å². The normalized spacial score (nSPS) is 11.2. The topological polar surface area (TPSA) is 42.2 Å². The summed E-state index contributed by atoms with van der Waals surface area (Å²) in [5.74, 6) is 1.57. The Kier molecular flexibility index (Phi) is 5.41. The first-order valence-electron chi connectivity index (χ1n) is 12.6. The van der Waals surface area contributed by atoms with Gasteiger partial charge in [0.2, 0.25) is 0 Å². The van der Waals surface area contributed by atoms with Gasteiger partial charge in [0, 0.05) is 27.6 Å². The SMILES string of the molecule is c1ccc(-c2cccc(N(c3ccccc3)c3cccc(-c4cccc5c4oc4ccccc45)n3)n2)cc1. The van der Waals surface area contributed by atoms with Gasteiger partial charge in [-0.1, -0.05) is 91.0 Å². The Morgan fingerprint density at radius 1 is 0.474 bits per heavy atom. The molecule has 3 aromatic heterocycles. The van der Waals surface area contributed by atoms with Gasteiger partial charge in [-0.05, 0) is 48.5 Å². The van der Waals surface area contributed by atoms with Crippen molar-refractivity contribution in [2.75, 3.05) is 4.90 Å². The first kappa shape index (κ1) is 22.0. The molecule has 0 saturated heterocycles. The number of nitrogens with zero attached hydrogens (tertiary/aromatic N) is 3. The van der Waals surface area contributed by atoms with Crippen molar-refractivity contribution >= 4 is 39.3 Å². The van der Waals surface area contributed by atoms with Crippen LogP contribution in [-0.4, -0.2) is 9.97 Å². The van der Waals surface area contributed by atoms with Crippen LogP contribution in [0, 0.1) is 0 Å². The molecule has 0 aliphatic carbocycles. The highest BCUT2D eigenvalue weighted by Crippen LogP contribution is 2.38. The van der Waals surface area contributed by atoms with Gasteiger partial charge < -0.3 is 4.42 Å². The minimum absolute atomic E-state index is 0.777. The molecular weight excluding hydrogens is 466 g/mol. The van der Waals surface area contributed by atoms with E-state index in [1.807, 2.05) is 91.0 Å². The van der Waals surface area contributed by atoms with Crippen LogP contribution in [0.1, 0.15) is 0 Å². The number of hydrogen-bond acceptors (Lipinski definition) is 4. The summed E-state index contributed by atoms with van der Waals surface area (Å²) in [5, 5.41) is 2.19. The fourth-order valence-corrected chi connectivity index (χ4v) is 4.92. The van der Waals surface area contributed by atoms with Crippen molar-refractivity contribution in [1.29, 1.82) is 0 Å². The van der Waals surface area contributed by atoms with Crippen LogP contribution in [-0.2, 0) is 0 Å². The zero-order chi connectivity index (χ0) is 25.3. The third-order valence-corrected chi connectivity index (χ3v) is 6.69. The molecule has 0 N–H and O–H groups in total. The molecule has 3 heterocycles. The molecule has 0 spiro atoms. The average Bonchev–Trinajstić information content (AvgIpc) is 3.38. The van der Waals surface area contributed by atoms with E-state index < -0.39 is 0 Å². The van der Waals surface area contributed by atoms with Gasteiger partial charge in [0.1, 0.15) is 22.8 Å². The van der Waals surface area contributed by atoms with Crippen LogP contribution in [0.15, 0.2) is 144 Å². The Balaban J connectivity index is 1.39. The summed E-state index contributed by atoms with van der Waals surface area (Å²) < 4.78 is 6.31. The highest BCUT2D eigenvalue weighted by molar-refractivity contribution is 6.09. The van der Waals surface area contributed by atoms with Crippen molar-refractivity contribution in [3.05, 3.63) is 140 Å². The second kappa shape index (κ2) is 9.34. The van der Waals surface area contributed by atoms with Gasteiger partial charge in [-0.3, -0.25) is 4.90 Å². The second-order valence-electron chi connectivity index (χ2n) is 9.08. The molecule has 180 valence electrons. The monoisotopic (exact) mass is 489 g/mol. The first-order chi connectivity index (χ1) is 18.8. The predicted molar refractivity (Wildman–Crippen MR) is 155 cm³/mol. The number of rotatable bonds is 5. The van der Waals surface area contributed by atoms with Gasteiger partial charge in [0.05, 0.1) is 11.4 Å². The molecule has 4 nitrogen and oxygen atoms in total. The van der Waals surface area contributed by atoms with E-state index in [4.69, 9.17) is 14.4 Å². The van der Waals surface area contributed by atoms with E-state index in [0.29, 0.717) is 0 Å². The summed E-state index contributed by atoms with van der Waals surface area (Å²) in [6.07, 6.45) is 0. The van der Waals surface area contributed by atoms with Crippen molar-refractivity contribution in [3.63, 3.8) is 0 Å². The number of anilines is 3. The molecule has 0 aliphatic rings. The third-order valence-electron chi connectivity index (χ3n) is 6.69. The molecule has 0 radical (unpaired) electrons. The highest BCUT2D eigenvalue weighted by Gasteiger charge is 2.18. The number of furan rings is 1. The minimum Gasteiger partial charge on any atom is -0.455 e. The third kappa shape index (κ3) is 3.89. The summed E-state index contributed by atoms with van der Waals surface area (Å²) in [4.78, 5) is 12.3. The zero-order valence-corrected chi connectivity index (χ0v) is 20.5. The van der Waals surface area contributed by atoms with Crippen molar-refractivity contribution in [1.82, 2.24) is 9.97 Å². The zero-order valence-electron chi connectivity index (χ0n) is 20.5. The second-order valence-corrected chi connectivity index (χ2v) is 9.08. The Morgan fingerprint density at radius 3 is 1.87 bits per heavy atom. The largest absolute Gasteiger partial charge is 0.455 e. The number of benzene rings is 4. The Morgan fingerprint density at radius 2 is 1.08 bits per heavy atom. The fraction of sp³-hybridized carbons (Fsp3) is 0. The maximum Gasteiger partial charge on any atom is 0.144 e. The van der Waals surface area contributed by atoms with Gasteiger partial charge in [-0.25, -0.2) is 9.97 Å². The van der Waals surface area contributed by atoms with Crippen molar-refractivity contribution < 1.29 is 4.42 Å². The molecule has 0 unspecified atom stereocenters. The lowest BCUT2D eigenvalue weighted by molar-refractivity contribution is 0.670. The molecule has 7 rings (SSSR count). The lowest BCUT2D eigenvalue weighted by Gasteiger charge is -2.24. The van der Waals surface area contributed by atoms with Gasteiger partial charge in [0.15, 0.2) is 0 Å². The standard InChI is InChI=1S/C34H23N3O/c1-3-12-24(13-4-1)29-19-10-22-32(35-29)37(25-14-5-2-6-15-25)33-23-11-20-30(36-33)28-18-9-17-27-26-16-7-8-21-31(26)38-34(27)28/h1-23H. The van der Waals surface area contributed by atoms with Crippen LogP contribution in [0.25, 0.3) is 44.5 Å². The number of pyridine rings is 2. The van der Waals surface area contributed by atoms with Crippen molar-refractivity contribution in [2.24, 2.45) is 0 Å². The van der Waals surface area contributed by atoms with Gasteiger partial charge in [0.25, 0.3) is 0 Å². The molecule has 7 aromatic rings. The van der Waals surface area contributed by atoms with Gasteiger partial charge in [-0.2, -0.15) is 0 Å². The van der Waals surface area contributed by atoms with Gasteiger partial charge in [-0.15, -0.1) is 0 Å².